The van der Waals surface area contributed by atoms with Crippen LogP contribution in [0.3, 0.4) is 0 Å². The highest BCUT2D eigenvalue weighted by Gasteiger charge is 2.41. The average molecular weight is 398 g/mol. The number of ether oxygens (including phenoxy) is 1. The number of piperidine rings is 1. The van der Waals surface area contributed by atoms with Crippen LogP contribution in [0.1, 0.15) is 24.9 Å². The van der Waals surface area contributed by atoms with Gasteiger partial charge in [-0.25, -0.2) is 0 Å². The third-order valence-electron chi connectivity index (χ3n) is 5.41. The van der Waals surface area contributed by atoms with Crippen LogP contribution in [0.5, 0.6) is 5.75 Å². The second-order valence-electron chi connectivity index (χ2n) is 8.48. The van der Waals surface area contributed by atoms with Gasteiger partial charge in [0, 0.05) is 18.0 Å². The number of methoxy groups -OCH3 is 1. The lowest BCUT2D eigenvalue weighted by atomic mass is 9.82. The number of hydrogen-bond acceptors (Lipinski definition) is 4. The zero-order valence-electron chi connectivity index (χ0n) is 17.5. The van der Waals surface area contributed by atoms with Gasteiger partial charge in [-0.1, -0.05) is 37.3 Å². The maximum atomic E-state index is 12.9. The second kappa shape index (κ2) is 8.49. The molecule has 0 spiro atoms. The van der Waals surface area contributed by atoms with E-state index in [0.29, 0.717) is 18.8 Å². The fourth-order valence-corrected chi connectivity index (χ4v) is 4.47. The standard InChI is InChI=1S/C23H31NO3Si/c1-17-22(16-27-28(3,4)5)24(19-11-13-20(26-2)14-12-19)21(15-23(17)25)18-9-7-6-8-10-18/h6-14,17,21-22H,15-16H2,1-5H3/t17-,21-,22+/m0/s1. The summed E-state index contributed by atoms with van der Waals surface area (Å²) < 4.78 is 11.6. The van der Waals surface area contributed by atoms with Crippen molar-refractivity contribution in [1.82, 2.24) is 0 Å². The summed E-state index contributed by atoms with van der Waals surface area (Å²) in [4.78, 5) is 15.3. The Bertz CT molecular complexity index is 786. The Morgan fingerprint density at radius 3 is 2.25 bits per heavy atom. The Balaban J connectivity index is 2.02. The molecule has 3 atom stereocenters. The van der Waals surface area contributed by atoms with Crippen LogP contribution < -0.4 is 9.64 Å². The number of Topliss-reactive ketones (excluding diaryl/α,β-unsaturated/α-hetero) is 1. The minimum absolute atomic E-state index is 0.00609. The zero-order valence-corrected chi connectivity index (χ0v) is 18.5. The lowest BCUT2D eigenvalue weighted by Gasteiger charge is -2.47. The van der Waals surface area contributed by atoms with Gasteiger partial charge in [-0.3, -0.25) is 4.79 Å². The summed E-state index contributed by atoms with van der Waals surface area (Å²) in [5, 5.41) is 0. The van der Waals surface area contributed by atoms with E-state index in [9.17, 15) is 4.79 Å². The van der Waals surface area contributed by atoms with E-state index in [2.05, 4.69) is 48.8 Å². The van der Waals surface area contributed by atoms with Crippen molar-refractivity contribution < 1.29 is 14.0 Å². The quantitative estimate of drug-likeness (QED) is 0.638. The number of nitrogens with zero attached hydrogens (tertiary/aromatic N) is 1. The molecule has 4 nitrogen and oxygen atoms in total. The fraction of sp³-hybridized carbons (Fsp3) is 0.435. The SMILES string of the molecule is COc1ccc(N2[C@H](CO[Si](C)(C)C)[C@H](C)C(=O)C[C@H]2c2ccccc2)cc1. The highest BCUT2D eigenvalue weighted by atomic mass is 28.4. The van der Waals surface area contributed by atoms with Gasteiger partial charge in [-0.2, -0.15) is 0 Å². The number of carbonyl (C=O) groups excluding carboxylic acids is 1. The Morgan fingerprint density at radius 2 is 1.68 bits per heavy atom. The van der Waals surface area contributed by atoms with E-state index in [4.69, 9.17) is 9.16 Å². The number of ketones is 1. The maximum absolute atomic E-state index is 12.9. The van der Waals surface area contributed by atoms with Gasteiger partial charge in [0.05, 0.1) is 25.8 Å². The van der Waals surface area contributed by atoms with Gasteiger partial charge in [-0.15, -0.1) is 0 Å². The number of rotatable bonds is 6. The van der Waals surface area contributed by atoms with Crippen LogP contribution in [0.2, 0.25) is 19.6 Å². The van der Waals surface area contributed by atoms with Gasteiger partial charge >= 0.3 is 0 Å². The molecule has 5 heteroatoms. The van der Waals surface area contributed by atoms with Gasteiger partial charge in [0.2, 0.25) is 0 Å². The van der Waals surface area contributed by atoms with E-state index >= 15 is 0 Å². The molecule has 1 aliphatic heterocycles. The first-order chi connectivity index (χ1) is 13.3. The Morgan fingerprint density at radius 1 is 1.04 bits per heavy atom. The molecule has 0 N–H and O–H groups in total. The van der Waals surface area contributed by atoms with Crippen molar-refractivity contribution in [3.63, 3.8) is 0 Å². The van der Waals surface area contributed by atoms with Crippen molar-refractivity contribution >= 4 is 19.8 Å². The fourth-order valence-electron chi connectivity index (χ4n) is 3.80. The molecule has 0 bridgehead atoms. The first kappa shape index (κ1) is 20.6. The average Bonchev–Trinajstić information content (AvgIpc) is 2.69. The first-order valence-electron chi connectivity index (χ1n) is 9.94. The molecular formula is C23H31NO3Si. The summed E-state index contributed by atoms with van der Waals surface area (Å²) in [6, 6.07) is 18.5. The molecule has 0 amide bonds. The first-order valence-corrected chi connectivity index (χ1v) is 13.3. The molecule has 0 aliphatic carbocycles. The van der Waals surface area contributed by atoms with Crippen LogP contribution in [0.4, 0.5) is 5.69 Å². The molecule has 1 fully saturated rings. The largest absolute Gasteiger partial charge is 0.497 e. The minimum Gasteiger partial charge on any atom is -0.497 e. The van der Waals surface area contributed by atoms with Crippen LogP contribution in [0.25, 0.3) is 0 Å². The highest BCUT2D eigenvalue weighted by molar-refractivity contribution is 6.69. The van der Waals surface area contributed by atoms with Crippen LogP contribution in [-0.2, 0) is 9.22 Å². The molecule has 1 saturated heterocycles. The molecule has 2 aromatic carbocycles. The zero-order chi connectivity index (χ0) is 20.3. The van der Waals surface area contributed by atoms with Crippen molar-refractivity contribution in [1.29, 1.82) is 0 Å². The summed E-state index contributed by atoms with van der Waals surface area (Å²) in [6.07, 6.45) is 0.515. The molecular weight excluding hydrogens is 366 g/mol. The van der Waals surface area contributed by atoms with Crippen LogP contribution >= 0.6 is 0 Å². The van der Waals surface area contributed by atoms with Crippen molar-refractivity contribution in [3.8, 4) is 5.75 Å². The van der Waals surface area contributed by atoms with Gasteiger partial charge in [-0.05, 0) is 49.5 Å². The van der Waals surface area contributed by atoms with E-state index in [-0.39, 0.29) is 18.0 Å². The van der Waals surface area contributed by atoms with Crippen molar-refractivity contribution in [2.45, 2.75) is 45.1 Å². The van der Waals surface area contributed by atoms with Gasteiger partial charge in [0.1, 0.15) is 11.5 Å². The molecule has 1 heterocycles. The molecule has 2 aromatic rings. The third kappa shape index (κ3) is 4.65. The third-order valence-corrected chi connectivity index (χ3v) is 6.45. The van der Waals surface area contributed by atoms with E-state index in [0.717, 1.165) is 17.0 Å². The number of hydrogen-bond donors (Lipinski definition) is 0. The van der Waals surface area contributed by atoms with Crippen LogP contribution in [0, 0.1) is 5.92 Å². The summed E-state index contributed by atoms with van der Waals surface area (Å²) in [5.74, 6) is 1.07. The molecule has 0 aromatic heterocycles. The van der Waals surface area contributed by atoms with E-state index in [1.54, 1.807) is 7.11 Å². The van der Waals surface area contributed by atoms with E-state index in [1.807, 2.05) is 37.3 Å². The monoisotopic (exact) mass is 397 g/mol. The normalized spacial score (nSPS) is 23.0. The summed E-state index contributed by atoms with van der Waals surface area (Å²) in [5.41, 5.74) is 2.26. The molecule has 0 saturated carbocycles. The smallest absolute Gasteiger partial charge is 0.183 e. The number of anilines is 1. The van der Waals surface area contributed by atoms with Crippen molar-refractivity contribution in [2.75, 3.05) is 18.6 Å². The summed E-state index contributed by atoms with van der Waals surface area (Å²) in [7, 11) is -0.0227. The Hall–Kier alpha value is -2.11. The molecule has 28 heavy (non-hydrogen) atoms. The topological polar surface area (TPSA) is 38.8 Å². The van der Waals surface area contributed by atoms with Gasteiger partial charge < -0.3 is 14.1 Å². The highest BCUT2D eigenvalue weighted by Crippen LogP contribution is 2.40. The molecule has 0 unspecified atom stereocenters. The lowest BCUT2D eigenvalue weighted by molar-refractivity contribution is -0.125. The number of carbonyl (C=O) groups is 1. The van der Waals surface area contributed by atoms with Crippen molar-refractivity contribution in [2.24, 2.45) is 5.92 Å². The predicted molar refractivity (Wildman–Crippen MR) is 117 cm³/mol. The molecule has 1 aliphatic rings. The van der Waals surface area contributed by atoms with Crippen molar-refractivity contribution in [3.05, 3.63) is 60.2 Å². The maximum Gasteiger partial charge on any atom is 0.183 e. The molecule has 150 valence electrons. The minimum atomic E-state index is -1.70. The summed E-state index contributed by atoms with van der Waals surface area (Å²) >= 11 is 0. The molecule has 3 rings (SSSR count). The second-order valence-corrected chi connectivity index (χ2v) is 13.0. The van der Waals surface area contributed by atoms with Crippen LogP contribution in [-0.4, -0.2) is 33.9 Å². The Labute approximate surface area is 169 Å². The van der Waals surface area contributed by atoms with Gasteiger partial charge in [0.15, 0.2) is 8.32 Å². The number of benzene rings is 2. The predicted octanol–water partition coefficient (Wildman–Crippen LogP) is 5.07. The Kier molecular flexibility index (Phi) is 6.25. The molecule has 0 radical (unpaired) electrons. The lowest BCUT2D eigenvalue weighted by Crippen LogP contribution is -2.53. The summed E-state index contributed by atoms with van der Waals surface area (Å²) in [6.45, 7) is 9.18. The van der Waals surface area contributed by atoms with Gasteiger partial charge in [0.25, 0.3) is 0 Å². The van der Waals surface area contributed by atoms with E-state index < -0.39 is 8.32 Å². The van der Waals surface area contributed by atoms with E-state index in [1.165, 1.54) is 0 Å². The van der Waals surface area contributed by atoms with Crippen LogP contribution in [0.15, 0.2) is 54.6 Å².